The summed E-state index contributed by atoms with van der Waals surface area (Å²) in [4.78, 5) is 16.9. The molecule has 2 heterocycles. The fourth-order valence-electron chi connectivity index (χ4n) is 2.13. The van der Waals surface area contributed by atoms with Crippen molar-refractivity contribution in [2.75, 3.05) is 12.4 Å². The minimum Gasteiger partial charge on any atom is -0.424 e. The molecule has 3 aromatic rings. The lowest BCUT2D eigenvalue weighted by molar-refractivity contribution is 0.177. The molecule has 0 aliphatic heterocycles. The molecule has 0 aliphatic rings. The van der Waals surface area contributed by atoms with Crippen molar-refractivity contribution in [3.8, 4) is 11.8 Å². The Morgan fingerprint density at radius 1 is 1.12 bits per heavy atom. The molecule has 0 atom stereocenters. The Morgan fingerprint density at radius 3 is 2.68 bits per heavy atom. The summed E-state index contributed by atoms with van der Waals surface area (Å²) in [7, 11) is 1.61. The van der Waals surface area contributed by atoms with Crippen molar-refractivity contribution in [3.05, 3.63) is 58.7 Å². The van der Waals surface area contributed by atoms with Crippen LogP contribution in [-0.2, 0) is 11.3 Å². The van der Waals surface area contributed by atoms with Crippen molar-refractivity contribution >= 4 is 27.4 Å². The van der Waals surface area contributed by atoms with E-state index < -0.39 is 0 Å². The van der Waals surface area contributed by atoms with Gasteiger partial charge in [0.1, 0.15) is 18.2 Å². The quantitative estimate of drug-likeness (QED) is 0.667. The lowest BCUT2D eigenvalue weighted by Crippen LogP contribution is -2.03. The SMILES string of the molecule is COCc1nc(C)cc(Nc2cccc(Oc3ncc(Br)cn3)c2)n1. The van der Waals surface area contributed by atoms with Gasteiger partial charge in [-0.15, -0.1) is 0 Å². The third kappa shape index (κ3) is 4.94. The van der Waals surface area contributed by atoms with E-state index in [4.69, 9.17) is 9.47 Å². The number of nitrogens with zero attached hydrogens (tertiary/aromatic N) is 4. The molecule has 3 rings (SSSR count). The molecule has 2 aromatic heterocycles. The van der Waals surface area contributed by atoms with E-state index in [1.807, 2.05) is 37.3 Å². The van der Waals surface area contributed by atoms with E-state index in [-0.39, 0.29) is 6.01 Å². The van der Waals surface area contributed by atoms with Gasteiger partial charge in [0.25, 0.3) is 0 Å². The normalized spacial score (nSPS) is 10.5. The fourth-order valence-corrected chi connectivity index (χ4v) is 2.34. The lowest BCUT2D eigenvalue weighted by atomic mass is 10.3. The highest BCUT2D eigenvalue weighted by molar-refractivity contribution is 9.10. The Labute approximate surface area is 153 Å². The molecule has 0 amide bonds. The van der Waals surface area contributed by atoms with Crippen LogP contribution in [0.2, 0.25) is 0 Å². The number of methoxy groups -OCH3 is 1. The summed E-state index contributed by atoms with van der Waals surface area (Å²) in [6, 6.07) is 9.62. The Kier molecular flexibility index (Phi) is 5.52. The summed E-state index contributed by atoms with van der Waals surface area (Å²) in [5.74, 6) is 1.94. The van der Waals surface area contributed by atoms with Crippen LogP contribution in [0.4, 0.5) is 11.5 Å². The van der Waals surface area contributed by atoms with Crippen LogP contribution in [0.25, 0.3) is 0 Å². The van der Waals surface area contributed by atoms with Gasteiger partial charge in [-0.3, -0.25) is 0 Å². The zero-order chi connectivity index (χ0) is 17.6. The maximum atomic E-state index is 5.66. The van der Waals surface area contributed by atoms with E-state index in [0.29, 0.717) is 24.0 Å². The predicted molar refractivity (Wildman–Crippen MR) is 97.0 cm³/mol. The number of aromatic nitrogens is 4. The topological polar surface area (TPSA) is 82.0 Å². The molecule has 1 aromatic carbocycles. The van der Waals surface area contributed by atoms with E-state index in [2.05, 4.69) is 41.2 Å². The zero-order valence-corrected chi connectivity index (χ0v) is 15.3. The molecule has 0 unspecified atom stereocenters. The number of halogens is 1. The fraction of sp³-hybridized carbons (Fsp3) is 0.176. The van der Waals surface area contributed by atoms with Gasteiger partial charge in [-0.2, -0.15) is 0 Å². The van der Waals surface area contributed by atoms with Crippen molar-refractivity contribution in [2.45, 2.75) is 13.5 Å². The first-order valence-corrected chi connectivity index (χ1v) is 8.27. The molecular formula is C17H16BrN5O2. The highest BCUT2D eigenvalue weighted by atomic mass is 79.9. The van der Waals surface area contributed by atoms with Gasteiger partial charge in [0.05, 0.1) is 4.47 Å². The van der Waals surface area contributed by atoms with Crippen molar-refractivity contribution in [2.24, 2.45) is 0 Å². The number of nitrogens with one attached hydrogen (secondary N) is 1. The molecule has 0 radical (unpaired) electrons. The Hall–Kier alpha value is -2.58. The third-order valence-corrected chi connectivity index (χ3v) is 3.50. The van der Waals surface area contributed by atoms with Crippen LogP contribution in [0, 0.1) is 6.92 Å². The monoisotopic (exact) mass is 401 g/mol. The van der Waals surface area contributed by atoms with Crippen LogP contribution in [0.1, 0.15) is 11.5 Å². The second kappa shape index (κ2) is 8.00. The molecule has 0 bridgehead atoms. The van der Waals surface area contributed by atoms with Crippen LogP contribution in [0.3, 0.4) is 0 Å². The van der Waals surface area contributed by atoms with E-state index in [0.717, 1.165) is 15.9 Å². The van der Waals surface area contributed by atoms with Crippen molar-refractivity contribution in [3.63, 3.8) is 0 Å². The number of anilines is 2. The van der Waals surface area contributed by atoms with Gasteiger partial charge in [-0.25, -0.2) is 19.9 Å². The number of hydrogen-bond acceptors (Lipinski definition) is 7. The van der Waals surface area contributed by atoms with Gasteiger partial charge < -0.3 is 14.8 Å². The van der Waals surface area contributed by atoms with E-state index in [1.165, 1.54) is 0 Å². The Bertz CT molecular complexity index is 858. The second-order valence-corrected chi connectivity index (χ2v) is 6.10. The molecule has 7 nitrogen and oxygen atoms in total. The molecule has 0 fully saturated rings. The first kappa shape index (κ1) is 17.2. The first-order valence-electron chi connectivity index (χ1n) is 7.48. The van der Waals surface area contributed by atoms with Crippen molar-refractivity contribution in [1.82, 2.24) is 19.9 Å². The Balaban J connectivity index is 1.76. The molecule has 128 valence electrons. The average Bonchev–Trinajstić information content (AvgIpc) is 2.57. The summed E-state index contributed by atoms with van der Waals surface area (Å²) in [6.45, 7) is 2.27. The van der Waals surface area contributed by atoms with Gasteiger partial charge >= 0.3 is 6.01 Å². The maximum Gasteiger partial charge on any atom is 0.321 e. The van der Waals surface area contributed by atoms with Gasteiger partial charge in [0.15, 0.2) is 5.82 Å². The van der Waals surface area contributed by atoms with E-state index >= 15 is 0 Å². The van der Waals surface area contributed by atoms with Gasteiger partial charge in [-0.05, 0) is 35.0 Å². The average molecular weight is 402 g/mol. The molecule has 1 N–H and O–H groups in total. The summed E-state index contributed by atoms with van der Waals surface area (Å²) in [6.07, 6.45) is 3.26. The highest BCUT2D eigenvalue weighted by Crippen LogP contribution is 2.24. The van der Waals surface area contributed by atoms with Crippen LogP contribution in [-0.4, -0.2) is 27.0 Å². The van der Waals surface area contributed by atoms with Gasteiger partial charge in [0, 0.05) is 43.0 Å². The summed E-state index contributed by atoms with van der Waals surface area (Å²) in [5.41, 5.74) is 1.69. The smallest absolute Gasteiger partial charge is 0.321 e. The molecule has 25 heavy (non-hydrogen) atoms. The lowest BCUT2D eigenvalue weighted by Gasteiger charge is -2.10. The summed E-state index contributed by atoms with van der Waals surface area (Å²) in [5, 5.41) is 3.24. The van der Waals surface area contributed by atoms with Crippen LogP contribution < -0.4 is 10.1 Å². The second-order valence-electron chi connectivity index (χ2n) is 5.18. The maximum absolute atomic E-state index is 5.66. The standard InChI is InChI=1S/C17H16BrN5O2/c1-11-6-15(23-16(21-11)10-24-2)22-13-4-3-5-14(7-13)25-17-19-8-12(18)9-20-17/h3-9H,10H2,1-2H3,(H,21,22,23). The van der Waals surface area contributed by atoms with Crippen LogP contribution in [0.15, 0.2) is 47.2 Å². The first-order chi connectivity index (χ1) is 12.1. The van der Waals surface area contributed by atoms with Gasteiger partial charge in [0.2, 0.25) is 0 Å². The molecule has 0 saturated heterocycles. The highest BCUT2D eigenvalue weighted by Gasteiger charge is 2.05. The van der Waals surface area contributed by atoms with E-state index in [9.17, 15) is 0 Å². The number of ether oxygens (including phenoxy) is 2. The summed E-state index contributed by atoms with van der Waals surface area (Å²) < 4.78 is 11.5. The number of benzene rings is 1. The largest absolute Gasteiger partial charge is 0.424 e. The van der Waals surface area contributed by atoms with E-state index in [1.54, 1.807) is 19.5 Å². The minimum atomic E-state index is 0.278. The molecule has 0 spiro atoms. The molecule has 0 aliphatic carbocycles. The van der Waals surface area contributed by atoms with Crippen molar-refractivity contribution in [1.29, 1.82) is 0 Å². The molecule has 0 saturated carbocycles. The summed E-state index contributed by atoms with van der Waals surface area (Å²) >= 11 is 3.29. The number of aryl methyl sites for hydroxylation is 1. The molecular weight excluding hydrogens is 386 g/mol. The number of rotatable bonds is 6. The third-order valence-electron chi connectivity index (χ3n) is 3.09. The van der Waals surface area contributed by atoms with Crippen LogP contribution in [0.5, 0.6) is 11.8 Å². The minimum absolute atomic E-state index is 0.278. The van der Waals surface area contributed by atoms with Gasteiger partial charge in [-0.1, -0.05) is 6.07 Å². The zero-order valence-electron chi connectivity index (χ0n) is 13.7. The van der Waals surface area contributed by atoms with Crippen LogP contribution >= 0.6 is 15.9 Å². The number of hydrogen-bond donors (Lipinski definition) is 1. The predicted octanol–water partition coefficient (Wildman–Crippen LogP) is 4.02. The molecule has 8 heteroatoms. The Morgan fingerprint density at radius 2 is 1.92 bits per heavy atom. The van der Waals surface area contributed by atoms with Crippen molar-refractivity contribution < 1.29 is 9.47 Å².